The molecule has 26 heavy (non-hydrogen) atoms. The summed E-state index contributed by atoms with van der Waals surface area (Å²) in [6, 6.07) is 0. The van der Waals surface area contributed by atoms with Crippen LogP contribution in [-0.2, 0) is 28.5 Å². The molecule has 0 aromatic rings. The van der Waals surface area contributed by atoms with Gasteiger partial charge in [-0.25, -0.2) is 0 Å². The highest BCUT2D eigenvalue weighted by Gasteiger charge is 2.64. The molecule has 4 saturated carbocycles. The van der Waals surface area contributed by atoms with Gasteiger partial charge in [0.25, 0.3) is 0 Å². The second kappa shape index (κ2) is 7.47. The van der Waals surface area contributed by atoms with Gasteiger partial charge in [0.05, 0.1) is 37.3 Å². The summed E-state index contributed by atoms with van der Waals surface area (Å²) in [5.41, 5.74) is -1.04. The lowest BCUT2D eigenvalue weighted by molar-refractivity contribution is -0.211. The van der Waals surface area contributed by atoms with E-state index in [1.165, 1.54) is 7.11 Å². The molecule has 0 aromatic carbocycles. The number of ether oxygens (including phenoxy) is 4. The molecule has 4 fully saturated rings. The van der Waals surface area contributed by atoms with E-state index in [1.807, 2.05) is 13.8 Å². The maximum atomic E-state index is 13.0. The largest absolute Gasteiger partial charge is 0.469 e. The maximum absolute atomic E-state index is 13.0. The van der Waals surface area contributed by atoms with Gasteiger partial charge in [-0.2, -0.15) is 0 Å². The summed E-state index contributed by atoms with van der Waals surface area (Å²) in [6.07, 6.45) is 4.56. The molecule has 0 heterocycles. The van der Waals surface area contributed by atoms with Crippen molar-refractivity contribution in [2.45, 2.75) is 71.7 Å². The Morgan fingerprint density at radius 1 is 0.923 bits per heavy atom. The monoisotopic (exact) mass is 368 g/mol. The Kier molecular flexibility index (Phi) is 5.63. The highest BCUT2D eigenvalue weighted by Crippen LogP contribution is 2.65. The second-order valence-corrected chi connectivity index (χ2v) is 8.78. The van der Waals surface area contributed by atoms with E-state index >= 15 is 0 Å². The van der Waals surface area contributed by atoms with Crippen LogP contribution in [0, 0.1) is 22.7 Å². The molecular weight excluding hydrogens is 336 g/mol. The van der Waals surface area contributed by atoms with Crippen molar-refractivity contribution >= 4 is 11.9 Å². The molecule has 4 rings (SSSR count). The molecule has 0 aromatic heterocycles. The summed E-state index contributed by atoms with van der Waals surface area (Å²) in [4.78, 5) is 25.5. The number of rotatable bonds is 8. The van der Waals surface area contributed by atoms with Crippen LogP contribution in [0.5, 0.6) is 0 Å². The lowest BCUT2D eigenvalue weighted by Gasteiger charge is -2.59. The smallest absolute Gasteiger partial charge is 0.314 e. The Bertz CT molecular complexity index is 528. The first-order valence-electron chi connectivity index (χ1n) is 9.81. The van der Waals surface area contributed by atoms with Crippen LogP contribution in [0.2, 0.25) is 0 Å². The quantitative estimate of drug-likeness (QED) is 0.372. The van der Waals surface area contributed by atoms with E-state index in [9.17, 15) is 9.59 Å². The minimum absolute atomic E-state index is 0.151. The predicted octanol–water partition coefficient (Wildman–Crippen LogP) is 3.08. The number of esters is 2. The number of carbonyl (C=O) groups is 2. The Labute approximate surface area is 155 Å². The van der Waals surface area contributed by atoms with Crippen LogP contribution in [0.1, 0.15) is 59.3 Å². The lowest BCUT2D eigenvalue weighted by atomic mass is 9.44. The van der Waals surface area contributed by atoms with Gasteiger partial charge in [0.1, 0.15) is 0 Å². The van der Waals surface area contributed by atoms with E-state index in [1.54, 1.807) is 6.92 Å². The fourth-order valence-electron chi connectivity index (χ4n) is 5.76. The van der Waals surface area contributed by atoms with Crippen LogP contribution in [0.3, 0.4) is 0 Å². The molecule has 0 saturated heterocycles. The third kappa shape index (κ3) is 3.77. The molecule has 0 radical (unpaired) electrons. The molecule has 3 unspecified atom stereocenters. The van der Waals surface area contributed by atoms with Crippen molar-refractivity contribution < 1.29 is 28.5 Å². The van der Waals surface area contributed by atoms with Crippen molar-refractivity contribution in [2.24, 2.45) is 22.7 Å². The second-order valence-electron chi connectivity index (χ2n) is 8.78. The van der Waals surface area contributed by atoms with E-state index in [2.05, 4.69) is 0 Å². The Morgan fingerprint density at radius 3 is 2.00 bits per heavy atom. The van der Waals surface area contributed by atoms with Crippen molar-refractivity contribution in [2.75, 3.05) is 20.3 Å². The third-order valence-corrected chi connectivity index (χ3v) is 6.27. The molecule has 0 spiro atoms. The van der Waals surface area contributed by atoms with Crippen LogP contribution in [0.15, 0.2) is 0 Å². The van der Waals surface area contributed by atoms with Crippen LogP contribution >= 0.6 is 0 Å². The zero-order valence-corrected chi connectivity index (χ0v) is 16.4. The molecule has 6 nitrogen and oxygen atoms in total. The van der Waals surface area contributed by atoms with Gasteiger partial charge in [0.15, 0.2) is 6.29 Å². The van der Waals surface area contributed by atoms with Gasteiger partial charge in [-0.3, -0.25) is 9.59 Å². The molecule has 3 atom stereocenters. The van der Waals surface area contributed by atoms with E-state index in [4.69, 9.17) is 18.9 Å². The highest BCUT2D eigenvalue weighted by atomic mass is 16.7. The normalized spacial score (nSPS) is 36.2. The topological polar surface area (TPSA) is 71.1 Å². The SMILES string of the molecule is COC(=O)C12CC3CC(C1)CC(C(=O)OC(C)OCCOC(C)C)(C3)C2. The first kappa shape index (κ1) is 19.6. The fourth-order valence-corrected chi connectivity index (χ4v) is 5.76. The minimum Gasteiger partial charge on any atom is -0.469 e. The van der Waals surface area contributed by atoms with Crippen molar-refractivity contribution in [3.8, 4) is 0 Å². The number of hydrogen-bond donors (Lipinski definition) is 0. The van der Waals surface area contributed by atoms with Crippen LogP contribution in [0.25, 0.3) is 0 Å². The third-order valence-electron chi connectivity index (χ3n) is 6.27. The van der Waals surface area contributed by atoms with Gasteiger partial charge in [-0.1, -0.05) is 0 Å². The molecule has 0 N–H and O–H groups in total. The first-order valence-corrected chi connectivity index (χ1v) is 9.81. The lowest BCUT2D eigenvalue weighted by Crippen LogP contribution is -2.58. The average molecular weight is 368 g/mol. The Morgan fingerprint density at radius 2 is 1.46 bits per heavy atom. The maximum Gasteiger partial charge on any atom is 0.314 e. The summed E-state index contributed by atoms with van der Waals surface area (Å²) in [5, 5.41) is 0. The Hall–Kier alpha value is -1.14. The first-order chi connectivity index (χ1) is 12.3. The Balaban J connectivity index is 1.61. The van der Waals surface area contributed by atoms with Crippen LogP contribution < -0.4 is 0 Å². The van der Waals surface area contributed by atoms with E-state index in [0.717, 1.165) is 32.1 Å². The van der Waals surface area contributed by atoms with Gasteiger partial charge < -0.3 is 18.9 Å². The molecule has 4 aliphatic carbocycles. The van der Waals surface area contributed by atoms with Crippen molar-refractivity contribution in [3.05, 3.63) is 0 Å². The van der Waals surface area contributed by atoms with Crippen LogP contribution in [-0.4, -0.2) is 44.7 Å². The predicted molar refractivity (Wildman–Crippen MR) is 94.2 cm³/mol. The highest BCUT2D eigenvalue weighted by molar-refractivity contribution is 5.83. The van der Waals surface area contributed by atoms with Gasteiger partial charge in [0.2, 0.25) is 0 Å². The van der Waals surface area contributed by atoms with Crippen molar-refractivity contribution in [1.82, 2.24) is 0 Å². The summed E-state index contributed by atoms with van der Waals surface area (Å²) >= 11 is 0. The standard InChI is InChI=1S/C20H32O6/c1-13(2)24-5-6-25-14(3)26-18(22)20-10-15-7-16(11-20)9-19(8-15,12-20)17(21)23-4/h13-16H,5-12H2,1-4H3. The molecule has 4 bridgehead atoms. The van der Waals surface area contributed by atoms with Crippen molar-refractivity contribution in [1.29, 1.82) is 0 Å². The summed E-state index contributed by atoms with van der Waals surface area (Å²) in [5.74, 6) is 0.466. The summed E-state index contributed by atoms with van der Waals surface area (Å²) in [6.45, 7) is 6.53. The van der Waals surface area contributed by atoms with Gasteiger partial charge >= 0.3 is 11.9 Å². The number of methoxy groups -OCH3 is 1. The zero-order valence-electron chi connectivity index (χ0n) is 16.4. The molecule has 0 aliphatic heterocycles. The van der Waals surface area contributed by atoms with E-state index in [-0.39, 0.29) is 18.0 Å². The van der Waals surface area contributed by atoms with Crippen LogP contribution in [0.4, 0.5) is 0 Å². The average Bonchev–Trinajstić information content (AvgIpc) is 2.56. The molecule has 0 amide bonds. The van der Waals surface area contributed by atoms with Crippen molar-refractivity contribution in [3.63, 3.8) is 0 Å². The van der Waals surface area contributed by atoms with E-state index < -0.39 is 17.1 Å². The summed E-state index contributed by atoms with van der Waals surface area (Å²) < 4.78 is 21.7. The molecular formula is C20H32O6. The minimum atomic E-state index is -0.611. The fraction of sp³-hybridized carbons (Fsp3) is 0.900. The van der Waals surface area contributed by atoms with E-state index in [0.29, 0.717) is 31.5 Å². The molecule has 148 valence electrons. The number of hydrogen-bond acceptors (Lipinski definition) is 6. The molecule has 4 aliphatic rings. The zero-order chi connectivity index (χ0) is 18.9. The van der Waals surface area contributed by atoms with Gasteiger partial charge in [-0.05, 0) is 71.1 Å². The molecule has 6 heteroatoms. The number of carbonyl (C=O) groups excluding carboxylic acids is 2. The van der Waals surface area contributed by atoms with Gasteiger partial charge in [-0.15, -0.1) is 0 Å². The van der Waals surface area contributed by atoms with Gasteiger partial charge in [0, 0.05) is 0 Å². The summed E-state index contributed by atoms with van der Waals surface area (Å²) in [7, 11) is 1.45.